The normalized spacial score (nSPS) is 24.6. The van der Waals surface area contributed by atoms with Crippen LogP contribution in [0.25, 0.3) is 5.52 Å². The Hall–Kier alpha value is -5.04. The number of ether oxygens (including phenoxy) is 3. The molecule has 0 spiro atoms. The minimum absolute atomic E-state index is 0.0243. The van der Waals surface area contributed by atoms with Crippen LogP contribution in [-0.2, 0) is 23.3 Å². The molecule has 2 aromatic heterocycles. The molecule has 1 saturated carbocycles. The Balaban J connectivity index is 1.37. The number of carbonyl (C=O) groups is 2. The fourth-order valence-electron chi connectivity index (χ4n) is 5.47. The van der Waals surface area contributed by atoms with E-state index in [2.05, 4.69) is 10.1 Å². The summed E-state index contributed by atoms with van der Waals surface area (Å²) in [4.78, 5) is 29.3. The standard InChI is InChI=1S/C30H28N5O11P/c1-3-41-26(37)17-9-5-7-11-21(17)44-47(40,45-22-12-8-6-10-18(22)27(38)42-4-2)46-28-29(15-31)30(28,39)24(36)23(43-29)19-13-14-20-25(32)33-16-34-35(19)20/h5-14,16,23-24,28,36,39H,3-4H2,1-2H3,(H2,32,33,34)/t23-,24-,28?,29+,30+/m0/s1. The van der Waals surface area contributed by atoms with Crippen molar-refractivity contribution < 1.29 is 52.1 Å². The number of rotatable bonds is 11. The number of aliphatic hydroxyl groups is 2. The van der Waals surface area contributed by atoms with Crippen LogP contribution >= 0.6 is 7.82 Å². The highest BCUT2D eigenvalue weighted by atomic mass is 31.2. The van der Waals surface area contributed by atoms with E-state index in [-0.39, 0.29) is 47.4 Å². The number of hydrogen-bond donors (Lipinski definition) is 3. The van der Waals surface area contributed by atoms with Crippen molar-refractivity contribution in [3.63, 3.8) is 0 Å². The lowest BCUT2D eigenvalue weighted by molar-refractivity contribution is -0.0729. The summed E-state index contributed by atoms with van der Waals surface area (Å²) in [5, 5.41) is 37.4. The van der Waals surface area contributed by atoms with E-state index in [0.29, 0.717) is 5.52 Å². The fraction of sp³-hybridized carbons (Fsp3) is 0.300. The second kappa shape index (κ2) is 12.0. The predicted octanol–water partition coefficient (Wildman–Crippen LogP) is 2.76. The molecular formula is C30H28N5O11P. The highest BCUT2D eigenvalue weighted by Gasteiger charge is 2.91. The molecule has 16 nitrogen and oxygen atoms in total. The topological polar surface area (TPSA) is 227 Å². The largest absolute Gasteiger partial charge is 0.588 e. The monoisotopic (exact) mass is 665 g/mol. The molecule has 244 valence electrons. The van der Waals surface area contributed by atoms with Gasteiger partial charge in [0.1, 0.15) is 52.7 Å². The van der Waals surface area contributed by atoms with Crippen LogP contribution in [0.5, 0.6) is 11.5 Å². The molecule has 2 aromatic carbocycles. The first-order valence-corrected chi connectivity index (χ1v) is 15.8. The molecule has 3 heterocycles. The average Bonchev–Trinajstić information content (AvgIpc) is 3.29. The Morgan fingerprint density at radius 2 is 1.60 bits per heavy atom. The maximum Gasteiger partial charge on any atom is 0.588 e. The molecule has 4 N–H and O–H groups in total. The number of para-hydroxylation sites is 2. The fourth-order valence-corrected chi connectivity index (χ4v) is 6.96. The van der Waals surface area contributed by atoms with E-state index in [4.69, 9.17) is 33.5 Å². The molecule has 1 saturated heterocycles. The van der Waals surface area contributed by atoms with Crippen LogP contribution in [0.1, 0.15) is 46.4 Å². The molecule has 1 unspecified atom stereocenters. The molecule has 47 heavy (non-hydrogen) atoms. The minimum Gasteiger partial charge on any atom is -0.462 e. The van der Waals surface area contributed by atoms with Gasteiger partial charge >= 0.3 is 19.8 Å². The van der Waals surface area contributed by atoms with Gasteiger partial charge in [-0.05, 0) is 50.2 Å². The quantitative estimate of drug-likeness (QED) is 0.155. The van der Waals surface area contributed by atoms with Crippen molar-refractivity contribution in [2.45, 2.75) is 43.4 Å². The number of aromatic nitrogens is 3. The van der Waals surface area contributed by atoms with Gasteiger partial charge < -0.3 is 39.2 Å². The molecule has 1 aliphatic carbocycles. The number of phosphoric acid groups is 1. The number of fused-ring (bicyclic) bond motifs is 2. The Kier molecular flexibility index (Phi) is 8.12. The van der Waals surface area contributed by atoms with E-state index in [1.54, 1.807) is 19.9 Å². The number of nitrogens with two attached hydrogens (primary N) is 1. The van der Waals surface area contributed by atoms with Crippen molar-refractivity contribution in [2.24, 2.45) is 0 Å². The number of esters is 2. The first-order valence-electron chi connectivity index (χ1n) is 14.3. The van der Waals surface area contributed by atoms with E-state index in [0.717, 1.165) is 0 Å². The number of nitrogen functional groups attached to an aromatic ring is 1. The van der Waals surface area contributed by atoms with E-state index in [9.17, 15) is 29.6 Å². The summed E-state index contributed by atoms with van der Waals surface area (Å²) in [6, 6.07) is 16.2. The number of carbonyl (C=O) groups excluding carboxylic acids is 2. The van der Waals surface area contributed by atoms with Crippen LogP contribution < -0.4 is 14.8 Å². The second-order valence-electron chi connectivity index (χ2n) is 10.4. The van der Waals surface area contributed by atoms with Crippen molar-refractivity contribution in [3.8, 4) is 17.6 Å². The van der Waals surface area contributed by atoms with Crippen molar-refractivity contribution in [1.82, 2.24) is 14.6 Å². The zero-order valence-electron chi connectivity index (χ0n) is 24.9. The van der Waals surface area contributed by atoms with Crippen LogP contribution in [0.4, 0.5) is 5.82 Å². The molecule has 17 heteroatoms. The minimum atomic E-state index is -5.09. The van der Waals surface area contributed by atoms with Gasteiger partial charge in [-0.25, -0.2) is 23.7 Å². The van der Waals surface area contributed by atoms with Gasteiger partial charge in [0.25, 0.3) is 0 Å². The molecule has 0 radical (unpaired) electrons. The van der Waals surface area contributed by atoms with Crippen molar-refractivity contribution in [1.29, 1.82) is 5.26 Å². The van der Waals surface area contributed by atoms with Crippen molar-refractivity contribution >= 4 is 31.1 Å². The number of nitriles is 1. The Morgan fingerprint density at radius 1 is 1.02 bits per heavy atom. The smallest absolute Gasteiger partial charge is 0.462 e. The molecular weight excluding hydrogens is 637 g/mol. The maximum atomic E-state index is 14.6. The van der Waals surface area contributed by atoms with Crippen LogP contribution in [0.2, 0.25) is 0 Å². The van der Waals surface area contributed by atoms with Gasteiger partial charge in [0, 0.05) is 0 Å². The molecule has 0 amide bonds. The van der Waals surface area contributed by atoms with Crippen LogP contribution in [-0.4, -0.2) is 73.4 Å². The van der Waals surface area contributed by atoms with Gasteiger partial charge in [-0.1, -0.05) is 24.3 Å². The summed E-state index contributed by atoms with van der Waals surface area (Å²) < 4.78 is 49.2. The Labute approximate surface area is 266 Å². The highest BCUT2D eigenvalue weighted by Crippen LogP contribution is 2.69. The SMILES string of the molecule is CCOC(=O)c1ccccc1OP(=O)(Oc1ccccc1C(=O)OCC)OC1[C@@]2(C#N)O[C@@H](c3ccc4c(N)ncnn34)[C@H](O)[C@@]12O. The number of aliphatic hydroxyl groups excluding tert-OH is 1. The lowest BCUT2D eigenvalue weighted by atomic mass is 10.0. The van der Waals surface area contributed by atoms with Crippen LogP contribution in [0.3, 0.4) is 0 Å². The average molecular weight is 666 g/mol. The number of anilines is 1. The maximum absolute atomic E-state index is 14.6. The zero-order valence-corrected chi connectivity index (χ0v) is 25.8. The Morgan fingerprint density at radius 3 is 2.13 bits per heavy atom. The molecule has 5 atom stereocenters. The molecule has 2 fully saturated rings. The summed E-state index contributed by atoms with van der Waals surface area (Å²) in [6.45, 7) is 3.23. The predicted molar refractivity (Wildman–Crippen MR) is 159 cm³/mol. The summed E-state index contributed by atoms with van der Waals surface area (Å²) in [5.41, 5.74) is 1.50. The number of nitrogens with zero attached hydrogens (tertiary/aromatic N) is 4. The van der Waals surface area contributed by atoms with Crippen LogP contribution in [0.15, 0.2) is 67.0 Å². The lowest BCUT2D eigenvalue weighted by Gasteiger charge is -2.25. The van der Waals surface area contributed by atoms with E-state index in [1.165, 1.54) is 65.4 Å². The van der Waals surface area contributed by atoms with Crippen LogP contribution in [0, 0.1) is 11.3 Å². The summed E-state index contributed by atoms with van der Waals surface area (Å²) in [5.74, 6) is -2.10. The van der Waals surface area contributed by atoms with Gasteiger partial charge in [-0.15, -0.1) is 0 Å². The summed E-state index contributed by atoms with van der Waals surface area (Å²) >= 11 is 0. The van der Waals surface area contributed by atoms with E-state index in [1.807, 2.05) is 6.07 Å². The van der Waals surface area contributed by atoms with Crippen molar-refractivity contribution in [2.75, 3.05) is 18.9 Å². The van der Waals surface area contributed by atoms with E-state index >= 15 is 0 Å². The first kappa shape index (κ1) is 31.9. The highest BCUT2D eigenvalue weighted by molar-refractivity contribution is 7.49. The molecule has 2 aliphatic rings. The van der Waals surface area contributed by atoms with Gasteiger partial charge in [0.2, 0.25) is 5.60 Å². The van der Waals surface area contributed by atoms with Gasteiger partial charge in [-0.3, -0.25) is 4.52 Å². The number of benzene rings is 2. The number of phosphoric ester groups is 1. The third-order valence-corrected chi connectivity index (χ3v) is 9.03. The first-order chi connectivity index (χ1) is 22.5. The lowest BCUT2D eigenvalue weighted by Crippen LogP contribution is -2.36. The summed E-state index contributed by atoms with van der Waals surface area (Å²) in [7, 11) is -5.09. The summed E-state index contributed by atoms with van der Waals surface area (Å²) in [6.07, 6.45) is -3.77. The van der Waals surface area contributed by atoms with E-state index < -0.39 is 49.3 Å². The number of hydrogen-bond acceptors (Lipinski definition) is 15. The zero-order chi connectivity index (χ0) is 33.6. The second-order valence-corrected chi connectivity index (χ2v) is 11.9. The third kappa shape index (κ3) is 5.14. The molecule has 1 aliphatic heterocycles. The third-order valence-electron chi connectivity index (χ3n) is 7.72. The molecule has 4 aromatic rings. The van der Waals surface area contributed by atoms with Gasteiger partial charge in [0.15, 0.2) is 17.5 Å². The van der Waals surface area contributed by atoms with Gasteiger partial charge in [0.05, 0.1) is 18.9 Å². The molecule has 0 bridgehead atoms. The molecule has 6 rings (SSSR count). The van der Waals surface area contributed by atoms with Crippen molar-refractivity contribution in [3.05, 3.63) is 83.8 Å². The van der Waals surface area contributed by atoms with Gasteiger partial charge in [-0.2, -0.15) is 10.4 Å². The Bertz CT molecular complexity index is 1900.